The molecule has 0 heterocycles. The zero-order valence-electron chi connectivity index (χ0n) is 14.7. The molecule has 3 saturated carbocycles. The minimum atomic E-state index is 0. The van der Waals surface area contributed by atoms with Crippen molar-refractivity contribution < 1.29 is 17.7 Å². The average molecular weight is 342 g/mol. The van der Waals surface area contributed by atoms with E-state index >= 15 is 0 Å². The Hall–Kier alpha value is -0.280. The Labute approximate surface area is 148 Å². The van der Waals surface area contributed by atoms with Crippen LogP contribution < -0.4 is 23.0 Å². The molecule has 3 rings (SSSR count). The van der Waals surface area contributed by atoms with E-state index < -0.39 is 0 Å². The van der Waals surface area contributed by atoms with Crippen LogP contribution in [0.3, 0.4) is 0 Å². The van der Waals surface area contributed by atoms with E-state index in [1.165, 1.54) is 102 Å². The fourth-order valence-corrected chi connectivity index (χ4v) is 4.52. The van der Waals surface area contributed by atoms with Gasteiger partial charge in [-0.15, -0.1) is 0 Å². The highest BCUT2D eigenvalue weighted by Crippen LogP contribution is 2.21. The maximum atomic E-state index is 5.17. The van der Waals surface area contributed by atoms with E-state index in [1.54, 1.807) is 0 Å². The molecule has 0 saturated heterocycles. The summed E-state index contributed by atoms with van der Waals surface area (Å²) in [5.74, 6) is 1.27. The van der Waals surface area contributed by atoms with Crippen LogP contribution in [0.5, 0.6) is 0 Å². The number of hydrogen-bond donors (Lipinski definition) is 2. The van der Waals surface area contributed by atoms with Gasteiger partial charge in [0.25, 0.3) is 5.96 Å². The molecule has 3 fully saturated rings. The molecule has 0 amide bonds. The fourth-order valence-electron chi connectivity index (χ4n) is 4.52. The molecule has 4 heteroatoms. The van der Waals surface area contributed by atoms with E-state index in [2.05, 4.69) is 10.6 Å². The molecule has 3 aliphatic rings. The van der Waals surface area contributed by atoms with E-state index in [0.29, 0.717) is 12.1 Å². The summed E-state index contributed by atoms with van der Waals surface area (Å²) in [6.07, 6.45) is 20.8. The van der Waals surface area contributed by atoms with Crippen molar-refractivity contribution in [1.82, 2.24) is 5.32 Å². The number of guanidine groups is 1. The third-order valence-electron chi connectivity index (χ3n) is 5.90. The third-order valence-corrected chi connectivity index (χ3v) is 5.90. The quantitative estimate of drug-likeness (QED) is 0.569. The Morgan fingerprint density at radius 3 is 1.83 bits per heavy atom. The summed E-state index contributed by atoms with van der Waals surface area (Å²) >= 11 is 0. The molecule has 0 aromatic rings. The number of quaternary nitrogens is 1. The van der Waals surface area contributed by atoms with Gasteiger partial charge in [0.1, 0.15) is 0 Å². The summed E-state index contributed by atoms with van der Waals surface area (Å²) in [6.45, 7) is 0. The Morgan fingerprint density at radius 2 is 1.22 bits per heavy atom. The summed E-state index contributed by atoms with van der Waals surface area (Å²) in [5.41, 5.74) is 0. The first-order valence-electron chi connectivity index (χ1n) is 10.1. The first-order valence-corrected chi connectivity index (χ1v) is 10.1. The minimum absolute atomic E-state index is 0. The molecule has 23 heavy (non-hydrogen) atoms. The van der Waals surface area contributed by atoms with Crippen LogP contribution in [0, 0.1) is 0 Å². The predicted octanol–water partition coefficient (Wildman–Crippen LogP) is 0.498. The monoisotopic (exact) mass is 341 g/mol. The average Bonchev–Trinajstić information content (AvgIpc) is 2.57. The Bertz CT molecular complexity index is 319. The molecular formula is C19H36ClN3. The normalized spacial score (nSPS) is 25.8. The predicted molar refractivity (Wildman–Crippen MR) is 93.1 cm³/mol. The Kier molecular flexibility index (Phi) is 8.74. The van der Waals surface area contributed by atoms with Crippen LogP contribution in [-0.4, -0.2) is 24.1 Å². The van der Waals surface area contributed by atoms with Gasteiger partial charge < -0.3 is 17.7 Å². The van der Waals surface area contributed by atoms with Gasteiger partial charge in [-0.3, -0.25) is 5.32 Å². The van der Waals surface area contributed by atoms with E-state index in [1.807, 2.05) is 0 Å². The highest BCUT2D eigenvalue weighted by atomic mass is 35.5. The van der Waals surface area contributed by atoms with Crippen LogP contribution in [0.15, 0.2) is 4.99 Å². The van der Waals surface area contributed by atoms with Crippen LogP contribution in [-0.2, 0) is 0 Å². The van der Waals surface area contributed by atoms with E-state index in [0.717, 1.165) is 6.04 Å². The van der Waals surface area contributed by atoms with Crippen molar-refractivity contribution in [1.29, 1.82) is 0 Å². The number of rotatable bonds is 3. The SMILES string of the molecule is C1CCC(N=C(NC2CCCCC2)[NH2+]C2CCCCC2)CC1.[Cl-]. The summed E-state index contributed by atoms with van der Waals surface area (Å²) < 4.78 is 0. The summed E-state index contributed by atoms with van der Waals surface area (Å²) in [6, 6.07) is 2.07. The molecular weight excluding hydrogens is 306 g/mol. The van der Waals surface area contributed by atoms with Gasteiger partial charge in [0.2, 0.25) is 0 Å². The number of hydrogen-bond acceptors (Lipinski definition) is 1. The highest BCUT2D eigenvalue weighted by molar-refractivity contribution is 5.70. The van der Waals surface area contributed by atoms with Gasteiger partial charge in [0, 0.05) is 6.04 Å². The first-order chi connectivity index (χ1) is 10.9. The Morgan fingerprint density at radius 1 is 0.696 bits per heavy atom. The van der Waals surface area contributed by atoms with E-state index in [9.17, 15) is 0 Å². The lowest BCUT2D eigenvalue weighted by molar-refractivity contribution is -0.588. The molecule has 0 bridgehead atoms. The van der Waals surface area contributed by atoms with Gasteiger partial charge in [-0.1, -0.05) is 44.9 Å². The molecule has 0 aromatic carbocycles. The van der Waals surface area contributed by atoms with Gasteiger partial charge in [0.05, 0.1) is 12.1 Å². The largest absolute Gasteiger partial charge is 1.00 e. The van der Waals surface area contributed by atoms with Gasteiger partial charge in [-0.05, 0) is 51.4 Å². The number of aliphatic imine (C=N–C) groups is 1. The molecule has 0 aromatic heterocycles. The smallest absolute Gasteiger partial charge is 0.294 e. The molecule has 3 nitrogen and oxygen atoms in total. The second-order valence-corrected chi connectivity index (χ2v) is 7.85. The lowest BCUT2D eigenvalue weighted by atomic mass is 9.94. The molecule has 3 N–H and O–H groups in total. The molecule has 0 unspecified atom stereocenters. The number of nitrogens with two attached hydrogens (primary N) is 1. The van der Waals surface area contributed by atoms with Crippen LogP contribution in [0.25, 0.3) is 0 Å². The highest BCUT2D eigenvalue weighted by Gasteiger charge is 2.23. The van der Waals surface area contributed by atoms with Crippen molar-refractivity contribution in [2.24, 2.45) is 4.99 Å². The lowest BCUT2D eigenvalue weighted by Crippen LogP contribution is -3.00. The third kappa shape index (κ3) is 6.62. The molecule has 0 aliphatic heterocycles. The zero-order valence-corrected chi connectivity index (χ0v) is 15.5. The van der Waals surface area contributed by atoms with Gasteiger partial charge >= 0.3 is 0 Å². The summed E-state index contributed by atoms with van der Waals surface area (Å²) in [5, 5.41) is 6.36. The zero-order chi connectivity index (χ0) is 15.0. The van der Waals surface area contributed by atoms with Gasteiger partial charge in [-0.25, -0.2) is 4.99 Å². The number of nitrogens with one attached hydrogen (secondary N) is 1. The first kappa shape index (κ1) is 19.1. The van der Waals surface area contributed by atoms with Crippen molar-refractivity contribution in [3.8, 4) is 0 Å². The second-order valence-electron chi connectivity index (χ2n) is 7.85. The van der Waals surface area contributed by atoms with Crippen molar-refractivity contribution in [3.63, 3.8) is 0 Å². The van der Waals surface area contributed by atoms with Crippen LogP contribution in [0.4, 0.5) is 0 Å². The molecule has 0 atom stereocenters. The maximum absolute atomic E-state index is 5.17. The van der Waals surface area contributed by atoms with Crippen LogP contribution >= 0.6 is 0 Å². The molecule has 0 radical (unpaired) electrons. The molecule has 3 aliphatic carbocycles. The minimum Gasteiger partial charge on any atom is -1.00 e. The van der Waals surface area contributed by atoms with E-state index in [4.69, 9.17) is 4.99 Å². The van der Waals surface area contributed by atoms with Crippen LogP contribution in [0.2, 0.25) is 0 Å². The van der Waals surface area contributed by atoms with E-state index in [-0.39, 0.29) is 12.4 Å². The number of nitrogens with zero attached hydrogens (tertiary/aromatic N) is 1. The van der Waals surface area contributed by atoms with Crippen molar-refractivity contribution in [2.75, 3.05) is 0 Å². The van der Waals surface area contributed by atoms with Crippen molar-refractivity contribution in [2.45, 2.75) is 114 Å². The topological polar surface area (TPSA) is 41.0 Å². The van der Waals surface area contributed by atoms with Crippen LogP contribution in [0.1, 0.15) is 96.3 Å². The summed E-state index contributed by atoms with van der Waals surface area (Å²) in [7, 11) is 0. The number of halogens is 1. The summed E-state index contributed by atoms with van der Waals surface area (Å²) in [4.78, 5) is 5.17. The van der Waals surface area contributed by atoms with Gasteiger partial charge in [0.15, 0.2) is 0 Å². The Balaban J connectivity index is 0.00000192. The van der Waals surface area contributed by atoms with Crippen molar-refractivity contribution >= 4 is 5.96 Å². The fraction of sp³-hybridized carbons (Fsp3) is 0.947. The lowest BCUT2D eigenvalue weighted by Gasteiger charge is -2.27. The molecule has 134 valence electrons. The molecule has 0 spiro atoms. The second kappa shape index (κ2) is 10.6. The maximum Gasteiger partial charge on any atom is 0.294 e. The standard InChI is InChI=1S/C19H35N3.ClH/c1-4-10-16(11-5-1)20-19(21-17-12-6-2-7-13-17)22-18-14-8-3-9-15-18;/h16-18H,1-15H2,(H2,20,21,22);1H. The van der Waals surface area contributed by atoms with Crippen molar-refractivity contribution in [3.05, 3.63) is 0 Å². The van der Waals surface area contributed by atoms with Gasteiger partial charge in [-0.2, -0.15) is 0 Å².